The zero-order valence-electron chi connectivity index (χ0n) is 12.8. The minimum Gasteiger partial charge on any atom is -0.364 e. The Balaban J connectivity index is 2.48. The van der Waals surface area contributed by atoms with Crippen LogP contribution in [-0.2, 0) is 6.42 Å². The van der Waals surface area contributed by atoms with E-state index in [0.29, 0.717) is 11.9 Å². The van der Waals surface area contributed by atoms with Gasteiger partial charge in [0.1, 0.15) is 5.69 Å². The quantitative estimate of drug-likeness (QED) is 0.671. The molecule has 6 nitrogen and oxygen atoms in total. The molecule has 23 heavy (non-hydrogen) atoms. The predicted octanol–water partition coefficient (Wildman–Crippen LogP) is 2.26. The summed E-state index contributed by atoms with van der Waals surface area (Å²) in [5, 5.41) is 1.74. The largest absolute Gasteiger partial charge is 0.364 e. The number of pyridine rings is 1. The standard InChI is InChI=1S/C17H18N4O2/c1-2-3-6-10-12-9-7-4-5-8-11(9)20-14(12)15(17(19)23)21-13(10)16(18)22/h4-5,7-8,20H,2-3,6H2,1H3,(H2,18,22)(H2,19,23). The number of hydrogen-bond donors (Lipinski definition) is 3. The molecule has 0 radical (unpaired) electrons. The molecule has 118 valence electrons. The molecule has 0 unspecified atom stereocenters. The van der Waals surface area contributed by atoms with Crippen molar-refractivity contribution in [3.05, 3.63) is 41.2 Å². The van der Waals surface area contributed by atoms with Crippen molar-refractivity contribution in [2.45, 2.75) is 26.2 Å². The first-order valence-corrected chi connectivity index (χ1v) is 7.57. The van der Waals surface area contributed by atoms with Crippen LogP contribution < -0.4 is 11.5 Å². The van der Waals surface area contributed by atoms with Crippen LogP contribution >= 0.6 is 0 Å². The highest BCUT2D eigenvalue weighted by molar-refractivity contribution is 6.17. The van der Waals surface area contributed by atoms with E-state index in [0.717, 1.165) is 34.7 Å². The van der Waals surface area contributed by atoms with Gasteiger partial charge in [0.15, 0.2) is 5.69 Å². The van der Waals surface area contributed by atoms with Gasteiger partial charge in [-0.1, -0.05) is 31.5 Å². The molecule has 3 rings (SSSR count). The van der Waals surface area contributed by atoms with Gasteiger partial charge in [-0.05, 0) is 24.5 Å². The number of carbonyl (C=O) groups excluding carboxylic acids is 2. The second kappa shape index (κ2) is 5.72. The van der Waals surface area contributed by atoms with Crippen LogP contribution in [-0.4, -0.2) is 21.8 Å². The maximum atomic E-state index is 11.9. The molecule has 0 atom stereocenters. The van der Waals surface area contributed by atoms with Gasteiger partial charge in [-0.2, -0.15) is 0 Å². The van der Waals surface area contributed by atoms with E-state index in [1.54, 1.807) is 0 Å². The summed E-state index contributed by atoms with van der Waals surface area (Å²) in [7, 11) is 0. The molecule has 0 bridgehead atoms. The summed E-state index contributed by atoms with van der Waals surface area (Å²) in [4.78, 5) is 31.0. The maximum Gasteiger partial charge on any atom is 0.269 e. The first kappa shape index (κ1) is 15.0. The third-order valence-corrected chi connectivity index (χ3v) is 4.00. The molecule has 2 aromatic heterocycles. The number of aryl methyl sites for hydroxylation is 1. The number of primary amides is 2. The van der Waals surface area contributed by atoms with E-state index in [1.807, 2.05) is 24.3 Å². The summed E-state index contributed by atoms with van der Waals surface area (Å²) < 4.78 is 0. The number of nitrogens with two attached hydrogens (primary N) is 2. The number of benzene rings is 1. The third kappa shape index (κ3) is 2.42. The second-order valence-electron chi connectivity index (χ2n) is 5.54. The Labute approximate surface area is 132 Å². The number of aromatic nitrogens is 2. The smallest absolute Gasteiger partial charge is 0.269 e. The van der Waals surface area contributed by atoms with Gasteiger partial charge < -0.3 is 16.5 Å². The van der Waals surface area contributed by atoms with Crippen molar-refractivity contribution in [1.29, 1.82) is 0 Å². The van der Waals surface area contributed by atoms with Crippen LogP contribution in [0.2, 0.25) is 0 Å². The van der Waals surface area contributed by atoms with Crippen LogP contribution in [0.3, 0.4) is 0 Å². The Morgan fingerprint density at radius 3 is 2.48 bits per heavy atom. The molecule has 0 saturated heterocycles. The van der Waals surface area contributed by atoms with E-state index in [9.17, 15) is 9.59 Å². The van der Waals surface area contributed by atoms with Gasteiger partial charge in [-0.15, -0.1) is 0 Å². The van der Waals surface area contributed by atoms with Crippen LogP contribution in [0.5, 0.6) is 0 Å². The molecule has 2 heterocycles. The van der Waals surface area contributed by atoms with Crippen molar-refractivity contribution in [2.24, 2.45) is 11.5 Å². The highest BCUT2D eigenvalue weighted by atomic mass is 16.1. The van der Waals surface area contributed by atoms with Crippen molar-refractivity contribution >= 4 is 33.6 Å². The van der Waals surface area contributed by atoms with E-state index < -0.39 is 11.8 Å². The lowest BCUT2D eigenvalue weighted by atomic mass is 9.98. The molecule has 6 heteroatoms. The molecule has 3 aromatic rings. The average Bonchev–Trinajstić information content (AvgIpc) is 2.91. The monoisotopic (exact) mass is 310 g/mol. The predicted molar refractivity (Wildman–Crippen MR) is 89.2 cm³/mol. The minimum atomic E-state index is -0.689. The first-order chi connectivity index (χ1) is 11.0. The Kier molecular flexibility index (Phi) is 3.73. The van der Waals surface area contributed by atoms with Crippen molar-refractivity contribution in [1.82, 2.24) is 9.97 Å². The lowest BCUT2D eigenvalue weighted by molar-refractivity contribution is 0.0992. The number of nitrogens with zero attached hydrogens (tertiary/aromatic N) is 1. The van der Waals surface area contributed by atoms with Gasteiger partial charge in [0, 0.05) is 16.3 Å². The number of hydrogen-bond acceptors (Lipinski definition) is 3. The highest BCUT2D eigenvalue weighted by Crippen LogP contribution is 2.32. The number of aromatic amines is 1. The van der Waals surface area contributed by atoms with Crippen molar-refractivity contribution in [2.75, 3.05) is 0 Å². The number of nitrogens with one attached hydrogen (secondary N) is 1. The highest BCUT2D eigenvalue weighted by Gasteiger charge is 2.22. The average molecular weight is 310 g/mol. The summed E-state index contributed by atoms with van der Waals surface area (Å²) in [6, 6.07) is 7.66. The number of fused-ring (bicyclic) bond motifs is 3. The van der Waals surface area contributed by atoms with E-state index in [-0.39, 0.29) is 11.4 Å². The van der Waals surface area contributed by atoms with E-state index in [4.69, 9.17) is 11.5 Å². The Bertz CT molecular complexity index is 927. The molecule has 0 saturated carbocycles. The Morgan fingerprint density at radius 1 is 1.13 bits per heavy atom. The van der Waals surface area contributed by atoms with Crippen LogP contribution in [0.1, 0.15) is 46.3 Å². The topological polar surface area (TPSA) is 115 Å². The number of rotatable bonds is 5. The van der Waals surface area contributed by atoms with Crippen molar-refractivity contribution in [3.8, 4) is 0 Å². The molecule has 2 amide bonds. The van der Waals surface area contributed by atoms with Crippen LogP contribution in [0, 0.1) is 0 Å². The number of amides is 2. The van der Waals surface area contributed by atoms with Crippen LogP contribution in [0.25, 0.3) is 21.8 Å². The number of para-hydroxylation sites is 1. The first-order valence-electron chi connectivity index (χ1n) is 7.57. The molecule has 0 aliphatic heterocycles. The van der Waals surface area contributed by atoms with Gasteiger partial charge in [-0.25, -0.2) is 4.98 Å². The van der Waals surface area contributed by atoms with E-state index in [1.165, 1.54) is 0 Å². The minimum absolute atomic E-state index is 0.0465. The second-order valence-corrected chi connectivity index (χ2v) is 5.54. The zero-order valence-corrected chi connectivity index (χ0v) is 12.8. The molecule has 0 spiro atoms. The number of unbranched alkanes of at least 4 members (excludes halogenated alkanes) is 1. The molecule has 0 fully saturated rings. The van der Waals surface area contributed by atoms with Gasteiger partial charge in [0.2, 0.25) is 0 Å². The van der Waals surface area contributed by atoms with Crippen molar-refractivity contribution in [3.63, 3.8) is 0 Å². The summed E-state index contributed by atoms with van der Waals surface area (Å²) >= 11 is 0. The molecular formula is C17H18N4O2. The molecule has 0 aliphatic rings. The van der Waals surface area contributed by atoms with E-state index >= 15 is 0 Å². The summed E-state index contributed by atoms with van der Waals surface area (Å²) in [5.74, 6) is -1.34. The number of carbonyl (C=O) groups is 2. The fraction of sp³-hybridized carbons (Fsp3) is 0.235. The summed E-state index contributed by atoms with van der Waals surface area (Å²) in [6.07, 6.45) is 2.53. The van der Waals surface area contributed by atoms with Crippen molar-refractivity contribution < 1.29 is 9.59 Å². The summed E-state index contributed by atoms with van der Waals surface area (Å²) in [6.45, 7) is 2.07. The molecule has 1 aromatic carbocycles. The number of H-pyrrole nitrogens is 1. The Hall–Kier alpha value is -2.89. The molecule has 5 N–H and O–H groups in total. The lowest BCUT2D eigenvalue weighted by Crippen LogP contribution is -2.21. The van der Waals surface area contributed by atoms with Crippen LogP contribution in [0.15, 0.2) is 24.3 Å². The fourth-order valence-corrected chi connectivity index (χ4v) is 2.97. The van der Waals surface area contributed by atoms with Gasteiger partial charge in [-0.3, -0.25) is 9.59 Å². The normalized spacial score (nSPS) is 11.2. The maximum absolute atomic E-state index is 11.9. The van der Waals surface area contributed by atoms with Gasteiger partial charge in [0.05, 0.1) is 5.52 Å². The zero-order chi connectivity index (χ0) is 16.6. The fourth-order valence-electron chi connectivity index (χ4n) is 2.97. The molecular weight excluding hydrogens is 292 g/mol. The van der Waals surface area contributed by atoms with Gasteiger partial charge >= 0.3 is 0 Å². The van der Waals surface area contributed by atoms with Crippen LogP contribution in [0.4, 0.5) is 0 Å². The van der Waals surface area contributed by atoms with Gasteiger partial charge in [0.25, 0.3) is 11.8 Å². The Morgan fingerprint density at radius 2 is 1.83 bits per heavy atom. The van der Waals surface area contributed by atoms with E-state index in [2.05, 4.69) is 16.9 Å². The lowest BCUT2D eigenvalue weighted by Gasteiger charge is -2.10. The summed E-state index contributed by atoms with van der Waals surface area (Å²) in [5.41, 5.74) is 13.3. The SMILES string of the molecule is CCCCc1c(C(N)=O)nc(C(N)=O)c2[nH]c3ccccc3c12. The molecule has 0 aliphatic carbocycles. The third-order valence-electron chi connectivity index (χ3n) is 4.00.